The van der Waals surface area contributed by atoms with Crippen molar-refractivity contribution in [3.05, 3.63) is 30.0 Å². The molecule has 0 amide bonds. The molecule has 0 unspecified atom stereocenters. The van der Waals surface area contributed by atoms with E-state index in [9.17, 15) is 9.18 Å². The van der Waals surface area contributed by atoms with E-state index >= 15 is 0 Å². The third-order valence-electron chi connectivity index (χ3n) is 2.34. The highest BCUT2D eigenvalue weighted by molar-refractivity contribution is 6.28. The fourth-order valence-electron chi connectivity index (χ4n) is 1.66. The van der Waals surface area contributed by atoms with Crippen molar-refractivity contribution < 1.29 is 14.3 Å². The number of rotatable bonds is 5. The number of aliphatic carboxylic acids is 1. The minimum absolute atomic E-state index is 0.00690. The molecule has 0 radical (unpaired) electrons. The summed E-state index contributed by atoms with van der Waals surface area (Å²) in [5.74, 6) is -1.31. The molecular weight excluding hydrogens is 275 g/mol. The molecule has 8 heteroatoms. The smallest absolute Gasteiger partial charge is 0.323 e. The van der Waals surface area contributed by atoms with Crippen molar-refractivity contribution >= 4 is 34.4 Å². The van der Waals surface area contributed by atoms with Crippen LogP contribution in [-0.4, -0.2) is 32.2 Å². The van der Waals surface area contributed by atoms with Gasteiger partial charge in [-0.3, -0.25) is 4.79 Å². The zero-order valence-corrected chi connectivity index (χ0v) is 10.5. The lowest BCUT2D eigenvalue weighted by Gasteiger charge is -2.08. The maximum Gasteiger partial charge on any atom is 0.323 e. The lowest BCUT2D eigenvalue weighted by Crippen LogP contribution is -2.11. The molecule has 0 aliphatic rings. The number of fused-ring (bicyclic) bond motifs is 1. The Morgan fingerprint density at radius 2 is 2.32 bits per heavy atom. The highest BCUT2D eigenvalue weighted by Crippen LogP contribution is 2.23. The van der Waals surface area contributed by atoms with Crippen molar-refractivity contribution in [3.8, 4) is 0 Å². The number of anilines is 1. The Labute approximate surface area is 112 Å². The lowest BCUT2D eigenvalue weighted by atomic mass is 10.4. The molecule has 0 bridgehead atoms. The van der Waals surface area contributed by atoms with Gasteiger partial charge in [0.15, 0.2) is 5.82 Å². The van der Waals surface area contributed by atoms with Crippen LogP contribution in [0.25, 0.3) is 11.0 Å². The number of hydrogen-bond acceptors (Lipinski definition) is 4. The molecule has 2 heterocycles. The predicted molar refractivity (Wildman–Crippen MR) is 68.9 cm³/mol. The first-order chi connectivity index (χ1) is 8.97. The third-order valence-corrected chi connectivity index (χ3v) is 2.51. The first kappa shape index (κ1) is 13.3. The van der Waals surface area contributed by atoms with Gasteiger partial charge in [0.1, 0.15) is 17.9 Å². The Morgan fingerprint density at radius 1 is 1.58 bits per heavy atom. The van der Waals surface area contributed by atoms with Gasteiger partial charge >= 0.3 is 5.97 Å². The summed E-state index contributed by atoms with van der Waals surface area (Å²) in [5, 5.41) is 11.5. The highest BCUT2D eigenvalue weighted by Gasteiger charge is 2.13. The molecule has 0 saturated heterocycles. The first-order valence-electron chi connectivity index (χ1n) is 5.28. The Balaban J connectivity index is 2.49. The van der Waals surface area contributed by atoms with Gasteiger partial charge in [-0.1, -0.05) is 6.58 Å². The molecule has 6 nitrogen and oxygen atoms in total. The van der Waals surface area contributed by atoms with Crippen LogP contribution in [0, 0.1) is 0 Å². The number of hydrogen-bond donors (Lipinski definition) is 2. The van der Waals surface area contributed by atoms with E-state index in [0.717, 1.165) is 0 Å². The van der Waals surface area contributed by atoms with Crippen LogP contribution in [0.1, 0.15) is 0 Å². The lowest BCUT2D eigenvalue weighted by molar-refractivity contribution is -0.137. The number of halogens is 2. The maximum atomic E-state index is 12.7. The van der Waals surface area contributed by atoms with Crippen LogP contribution in [0.3, 0.4) is 0 Å². The molecule has 2 rings (SSSR count). The number of nitrogens with one attached hydrogen (secondary N) is 1. The average Bonchev–Trinajstić information content (AvgIpc) is 2.68. The second-order valence-corrected chi connectivity index (χ2v) is 4.12. The standard InChI is InChI=1S/C11H10ClFN4O2/c1-6(13)4-14-10-9-7(15-11(12)16-10)2-3-17(9)5-8(18)19/h2-3H,1,4-5H2,(H,18,19)(H,14,15,16). The molecule has 19 heavy (non-hydrogen) atoms. The van der Waals surface area contributed by atoms with Gasteiger partial charge in [0.05, 0.1) is 12.1 Å². The zero-order chi connectivity index (χ0) is 14.0. The summed E-state index contributed by atoms with van der Waals surface area (Å²) in [5.41, 5.74) is 0.932. The molecule has 0 aromatic carbocycles. The van der Waals surface area contributed by atoms with Crippen LogP contribution in [0.2, 0.25) is 5.28 Å². The third kappa shape index (κ3) is 3.00. The van der Waals surface area contributed by atoms with Gasteiger partial charge in [0.2, 0.25) is 5.28 Å². The number of carboxylic acid groups (broad SMARTS) is 1. The van der Waals surface area contributed by atoms with Crippen molar-refractivity contribution in [3.63, 3.8) is 0 Å². The van der Waals surface area contributed by atoms with Crippen molar-refractivity contribution in [2.45, 2.75) is 6.54 Å². The largest absolute Gasteiger partial charge is 0.480 e. The molecular formula is C11H10ClFN4O2. The summed E-state index contributed by atoms with van der Waals surface area (Å²) in [6.45, 7) is 2.74. The zero-order valence-electron chi connectivity index (χ0n) is 9.73. The van der Waals surface area contributed by atoms with Crippen molar-refractivity contribution in [2.24, 2.45) is 0 Å². The number of aromatic nitrogens is 3. The molecule has 0 aliphatic carbocycles. The molecule has 0 aliphatic heterocycles. The number of nitrogens with zero attached hydrogens (tertiary/aromatic N) is 3. The molecule has 2 aromatic heterocycles. The van der Waals surface area contributed by atoms with Gasteiger partial charge < -0.3 is 15.0 Å². The van der Waals surface area contributed by atoms with Crippen LogP contribution in [0.5, 0.6) is 0 Å². The topological polar surface area (TPSA) is 80.0 Å². The van der Waals surface area contributed by atoms with E-state index in [1.165, 1.54) is 4.57 Å². The molecule has 100 valence electrons. The average molecular weight is 285 g/mol. The van der Waals surface area contributed by atoms with Gasteiger partial charge in [-0.05, 0) is 17.7 Å². The quantitative estimate of drug-likeness (QED) is 0.822. The van der Waals surface area contributed by atoms with Gasteiger partial charge in [0.25, 0.3) is 0 Å². The van der Waals surface area contributed by atoms with E-state index in [2.05, 4.69) is 21.9 Å². The minimum atomic E-state index is -1.01. The Hall–Kier alpha value is -2.15. The van der Waals surface area contributed by atoms with Crippen LogP contribution < -0.4 is 5.32 Å². The Kier molecular flexibility index (Phi) is 3.66. The van der Waals surface area contributed by atoms with Crippen LogP contribution in [0.15, 0.2) is 24.7 Å². The van der Waals surface area contributed by atoms with E-state index in [0.29, 0.717) is 11.0 Å². The fraction of sp³-hybridized carbons (Fsp3) is 0.182. The van der Waals surface area contributed by atoms with E-state index in [4.69, 9.17) is 16.7 Å². The predicted octanol–water partition coefficient (Wildman–Crippen LogP) is 2.06. The molecule has 2 N–H and O–H groups in total. The summed E-state index contributed by atoms with van der Waals surface area (Å²) in [7, 11) is 0. The van der Waals surface area contributed by atoms with E-state index < -0.39 is 11.8 Å². The minimum Gasteiger partial charge on any atom is -0.480 e. The molecule has 0 fully saturated rings. The van der Waals surface area contributed by atoms with Gasteiger partial charge in [-0.2, -0.15) is 4.98 Å². The summed E-state index contributed by atoms with van der Waals surface area (Å²) in [6, 6.07) is 1.61. The maximum absolute atomic E-state index is 12.7. The Bertz CT molecular complexity index is 655. The summed E-state index contributed by atoms with van der Waals surface area (Å²) >= 11 is 5.75. The van der Waals surface area contributed by atoms with E-state index in [1.807, 2.05) is 0 Å². The monoisotopic (exact) mass is 284 g/mol. The fourth-order valence-corrected chi connectivity index (χ4v) is 1.83. The number of carboxylic acids is 1. The van der Waals surface area contributed by atoms with Crippen molar-refractivity contribution in [1.29, 1.82) is 0 Å². The second kappa shape index (κ2) is 5.23. The molecule has 0 atom stereocenters. The second-order valence-electron chi connectivity index (χ2n) is 3.78. The summed E-state index contributed by atoms with van der Waals surface area (Å²) < 4.78 is 14.1. The van der Waals surface area contributed by atoms with Gasteiger partial charge in [0, 0.05) is 6.20 Å². The van der Waals surface area contributed by atoms with Crippen molar-refractivity contribution in [2.75, 3.05) is 11.9 Å². The molecule has 2 aromatic rings. The van der Waals surface area contributed by atoms with E-state index in [1.54, 1.807) is 12.3 Å². The van der Waals surface area contributed by atoms with Crippen LogP contribution >= 0.6 is 11.6 Å². The van der Waals surface area contributed by atoms with Crippen molar-refractivity contribution in [1.82, 2.24) is 14.5 Å². The van der Waals surface area contributed by atoms with Gasteiger partial charge in [-0.15, -0.1) is 0 Å². The van der Waals surface area contributed by atoms with Crippen LogP contribution in [0.4, 0.5) is 10.2 Å². The normalized spacial score (nSPS) is 10.6. The van der Waals surface area contributed by atoms with Gasteiger partial charge in [-0.25, -0.2) is 9.37 Å². The summed E-state index contributed by atoms with van der Waals surface area (Å²) in [6.07, 6.45) is 1.55. The van der Waals surface area contributed by atoms with E-state index in [-0.39, 0.29) is 24.2 Å². The SMILES string of the molecule is C=C(F)CNc1nc(Cl)nc2ccn(CC(=O)O)c12. The first-order valence-corrected chi connectivity index (χ1v) is 5.66. The number of carbonyl (C=O) groups is 1. The molecule has 0 spiro atoms. The summed E-state index contributed by atoms with van der Waals surface area (Å²) in [4.78, 5) is 18.7. The molecule has 0 saturated carbocycles. The van der Waals surface area contributed by atoms with Crippen LogP contribution in [-0.2, 0) is 11.3 Å². The highest BCUT2D eigenvalue weighted by atomic mass is 35.5. The Morgan fingerprint density at radius 3 is 2.95 bits per heavy atom.